The van der Waals surface area contributed by atoms with Crippen LogP contribution >= 0.6 is 23.2 Å². The second kappa shape index (κ2) is 14.4. The molecule has 3 aromatic rings. The van der Waals surface area contributed by atoms with E-state index >= 15 is 0 Å². The highest BCUT2D eigenvalue weighted by Gasteiger charge is 2.23. The SMILES string of the molecule is COc1ccc(C2CCN(CCCCNC(=O)c3ccc(/C=C/c4cc(Cl)cc(Cl)c4)cc3)CC2)c(OC)c1. The number of rotatable bonds is 11. The second-order valence-electron chi connectivity index (χ2n) is 9.84. The van der Waals surface area contributed by atoms with Crippen molar-refractivity contribution in [1.82, 2.24) is 10.2 Å². The first-order valence-corrected chi connectivity index (χ1v) is 14.2. The van der Waals surface area contributed by atoms with Crippen LogP contribution in [0.2, 0.25) is 10.0 Å². The summed E-state index contributed by atoms with van der Waals surface area (Å²) in [6.45, 7) is 3.89. The zero-order valence-electron chi connectivity index (χ0n) is 22.6. The number of nitrogens with one attached hydrogen (secondary N) is 1. The summed E-state index contributed by atoms with van der Waals surface area (Å²) in [5.41, 5.74) is 3.86. The zero-order chi connectivity index (χ0) is 27.6. The van der Waals surface area contributed by atoms with E-state index in [0.29, 0.717) is 28.1 Å². The standard InChI is InChI=1S/C32H36Cl2N2O3/c1-38-29-11-12-30(31(22-29)39-2)25-13-17-36(18-14-25)16-4-3-15-35-32(37)26-9-7-23(8-10-26)5-6-24-19-27(33)21-28(34)20-24/h5-12,19-22,25H,3-4,13-18H2,1-2H3,(H,35,37)/b6-5+. The van der Waals surface area contributed by atoms with Gasteiger partial charge >= 0.3 is 0 Å². The van der Waals surface area contributed by atoms with Crippen LogP contribution in [0.3, 0.4) is 0 Å². The molecule has 1 fully saturated rings. The van der Waals surface area contributed by atoms with E-state index in [2.05, 4.69) is 16.3 Å². The molecule has 0 bridgehead atoms. The zero-order valence-corrected chi connectivity index (χ0v) is 24.1. The van der Waals surface area contributed by atoms with Crippen molar-refractivity contribution in [3.05, 3.63) is 93.0 Å². The number of piperidine rings is 1. The molecule has 7 heteroatoms. The fourth-order valence-electron chi connectivity index (χ4n) is 5.00. The largest absolute Gasteiger partial charge is 0.497 e. The smallest absolute Gasteiger partial charge is 0.251 e. The molecular formula is C32H36Cl2N2O3. The highest BCUT2D eigenvalue weighted by Crippen LogP contribution is 2.36. The Morgan fingerprint density at radius 3 is 2.26 bits per heavy atom. The average molecular weight is 568 g/mol. The molecule has 1 N–H and O–H groups in total. The molecule has 0 aromatic heterocycles. The fourth-order valence-corrected chi connectivity index (χ4v) is 5.54. The summed E-state index contributed by atoms with van der Waals surface area (Å²) in [5.74, 6) is 2.21. The fraction of sp³-hybridized carbons (Fsp3) is 0.344. The number of nitrogens with zero attached hydrogens (tertiary/aromatic N) is 1. The quantitative estimate of drug-likeness (QED) is 0.192. The maximum Gasteiger partial charge on any atom is 0.251 e. The van der Waals surface area contributed by atoms with E-state index in [1.807, 2.05) is 60.7 Å². The number of amides is 1. The van der Waals surface area contributed by atoms with Crippen LogP contribution in [0.5, 0.6) is 11.5 Å². The number of benzene rings is 3. The maximum absolute atomic E-state index is 12.6. The van der Waals surface area contributed by atoms with E-state index in [4.69, 9.17) is 32.7 Å². The highest BCUT2D eigenvalue weighted by atomic mass is 35.5. The third-order valence-electron chi connectivity index (χ3n) is 7.18. The lowest BCUT2D eigenvalue weighted by atomic mass is 9.88. The Morgan fingerprint density at radius 1 is 0.897 bits per heavy atom. The normalized spacial score (nSPS) is 14.5. The van der Waals surface area contributed by atoms with Gasteiger partial charge in [0.25, 0.3) is 5.91 Å². The Kier molecular flexibility index (Phi) is 10.7. The lowest BCUT2D eigenvalue weighted by Crippen LogP contribution is -2.34. The number of carbonyl (C=O) groups is 1. The van der Waals surface area contributed by atoms with E-state index in [0.717, 1.165) is 67.9 Å². The highest BCUT2D eigenvalue weighted by molar-refractivity contribution is 6.34. The van der Waals surface area contributed by atoms with Crippen molar-refractivity contribution in [2.75, 3.05) is 40.4 Å². The lowest BCUT2D eigenvalue weighted by molar-refractivity contribution is 0.0952. The minimum absolute atomic E-state index is 0.0404. The van der Waals surface area contributed by atoms with Gasteiger partial charge in [-0.05, 0) is 104 Å². The number of halogens is 2. The van der Waals surface area contributed by atoms with Crippen molar-refractivity contribution >= 4 is 41.3 Å². The first-order chi connectivity index (χ1) is 18.9. The third kappa shape index (κ3) is 8.50. The summed E-state index contributed by atoms with van der Waals surface area (Å²) in [6.07, 6.45) is 8.19. The minimum atomic E-state index is -0.0404. The predicted octanol–water partition coefficient (Wildman–Crippen LogP) is 7.57. The van der Waals surface area contributed by atoms with Crippen LogP contribution in [0, 0.1) is 0 Å². The number of likely N-dealkylation sites (tertiary alicyclic amines) is 1. The predicted molar refractivity (Wildman–Crippen MR) is 161 cm³/mol. The van der Waals surface area contributed by atoms with Gasteiger partial charge in [0.2, 0.25) is 0 Å². The average Bonchev–Trinajstić information content (AvgIpc) is 2.95. The Balaban J connectivity index is 1.14. The summed E-state index contributed by atoms with van der Waals surface area (Å²) < 4.78 is 10.9. The molecule has 39 heavy (non-hydrogen) atoms. The van der Waals surface area contributed by atoms with Crippen molar-refractivity contribution in [3.8, 4) is 11.5 Å². The number of hydrogen-bond donors (Lipinski definition) is 1. The van der Waals surface area contributed by atoms with E-state index in [1.54, 1.807) is 20.3 Å². The molecule has 1 saturated heterocycles. The molecule has 1 aliphatic heterocycles. The van der Waals surface area contributed by atoms with Gasteiger partial charge in [-0.15, -0.1) is 0 Å². The Morgan fingerprint density at radius 2 is 1.59 bits per heavy atom. The van der Waals surface area contributed by atoms with E-state index < -0.39 is 0 Å². The Hall–Kier alpha value is -2.99. The molecule has 0 atom stereocenters. The van der Waals surface area contributed by atoms with Gasteiger partial charge in [-0.1, -0.05) is 53.6 Å². The van der Waals surface area contributed by atoms with Gasteiger partial charge in [-0.25, -0.2) is 0 Å². The topological polar surface area (TPSA) is 50.8 Å². The molecule has 3 aromatic carbocycles. The van der Waals surface area contributed by atoms with Crippen molar-refractivity contribution in [2.24, 2.45) is 0 Å². The molecular weight excluding hydrogens is 531 g/mol. The molecule has 0 aliphatic carbocycles. The number of methoxy groups -OCH3 is 2. The minimum Gasteiger partial charge on any atom is -0.497 e. The number of carbonyl (C=O) groups excluding carboxylic acids is 1. The number of unbranched alkanes of at least 4 members (excludes halogenated alkanes) is 1. The Bertz CT molecular complexity index is 1250. The molecule has 5 nitrogen and oxygen atoms in total. The first kappa shape index (κ1) is 29.0. The molecule has 206 valence electrons. The molecule has 0 unspecified atom stereocenters. The summed E-state index contributed by atoms with van der Waals surface area (Å²) in [4.78, 5) is 15.1. The van der Waals surface area contributed by atoms with Gasteiger partial charge in [-0.3, -0.25) is 4.79 Å². The van der Waals surface area contributed by atoms with Crippen LogP contribution in [0.25, 0.3) is 12.2 Å². The molecule has 4 rings (SSSR count). The lowest BCUT2D eigenvalue weighted by Gasteiger charge is -2.32. The van der Waals surface area contributed by atoms with Gasteiger partial charge < -0.3 is 19.7 Å². The molecule has 0 spiro atoms. The van der Waals surface area contributed by atoms with E-state index in [1.165, 1.54) is 5.56 Å². The van der Waals surface area contributed by atoms with E-state index in [9.17, 15) is 4.79 Å². The van der Waals surface area contributed by atoms with Crippen molar-refractivity contribution in [1.29, 1.82) is 0 Å². The van der Waals surface area contributed by atoms with Crippen LogP contribution in [-0.2, 0) is 0 Å². The van der Waals surface area contributed by atoms with Crippen LogP contribution in [0.4, 0.5) is 0 Å². The maximum atomic E-state index is 12.6. The summed E-state index contributed by atoms with van der Waals surface area (Å²) in [5, 5.41) is 4.25. The van der Waals surface area contributed by atoms with Crippen LogP contribution < -0.4 is 14.8 Å². The van der Waals surface area contributed by atoms with Gasteiger partial charge in [0, 0.05) is 28.2 Å². The first-order valence-electron chi connectivity index (χ1n) is 13.4. The van der Waals surface area contributed by atoms with Crippen molar-refractivity contribution < 1.29 is 14.3 Å². The summed E-state index contributed by atoms with van der Waals surface area (Å²) in [7, 11) is 3.40. The number of hydrogen-bond acceptors (Lipinski definition) is 4. The molecule has 0 radical (unpaired) electrons. The van der Waals surface area contributed by atoms with Crippen LogP contribution in [-0.4, -0.2) is 51.2 Å². The second-order valence-corrected chi connectivity index (χ2v) is 10.7. The molecule has 0 saturated carbocycles. The summed E-state index contributed by atoms with van der Waals surface area (Å²) in [6, 6.07) is 19.1. The van der Waals surface area contributed by atoms with Crippen LogP contribution in [0.1, 0.15) is 58.6 Å². The molecule has 1 heterocycles. The Labute approximate surface area is 241 Å². The van der Waals surface area contributed by atoms with Crippen molar-refractivity contribution in [2.45, 2.75) is 31.6 Å². The van der Waals surface area contributed by atoms with Gasteiger partial charge in [0.1, 0.15) is 11.5 Å². The van der Waals surface area contributed by atoms with Gasteiger partial charge in [0.15, 0.2) is 0 Å². The molecule has 1 amide bonds. The van der Waals surface area contributed by atoms with E-state index in [-0.39, 0.29) is 5.91 Å². The third-order valence-corrected chi connectivity index (χ3v) is 7.62. The van der Waals surface area contributed by atoms with Gasteiger partial charge in [0.05, 0.1) is 14.2 Å². The molecule has 1 aliphatic rings. The van der Waals surface area contributed by atoms with Crippen LogP contribution in [0.15, 0.2) is 60.7 Å². The van der Waals surface area contributed by atoms with Gasteiger partial charge in [-0.2, -0.15) is 0 Å². The monoisotopic (exact) mass is 566 g/mol. The number of ether oxygens (including phenoxy) is 2. The van der Waals surface area contributed by atoms with Crippen molar-refractivity contribution in [3.63, 3.8) is 0 Å². The summed E-state index contributed by atoms with van der Waals surface area (Å²) >= 11 is 12.1.